The summed E-state index contributed by atoms with van der Waals surface area (Å²) < 4.78 is 13.7. The van der Waals surface area contributed by atoms with Crippen LogP contribution in [0.25, 0.3) is 0 Å². The van der Waals surface area contributed by atoms with Crippen LogP contribution in [0.3, 0.4) is 0 Å². The SMILES string of the molecule is CN(Cc1c(F)cccc1Cl)C(=O)C1CCCNC1.Cl. The monoisotopic (exact) mass is 320 g/mol. The number of nitrogens with zero attached hydrogens (tertiary/aromatic N) is 1. The molecule has 0 spiro atoms. The Hall–Kier alpha value is -0.840. The molecule has 1 atom stereocenters. The Morgan fingerprint density at radius 1 is 1.55 bits per heavy atom. The summed E-state index contributed by atoms with van der Waals surface area (Å²) in [4.78, 5) is 13.8. The van der Waals surface area contributed by atoms with Gasteiger partial charge in [0, 0.05) is 30.7 Å². The van der Waals surface area contributed by atoms with E-state index in [9.17, 15) is 9.18 Å². The summed E-state index contributed by atoms with van der Waals surface area (Å²) in [5.74, 6) is -0.329. The summed E-state index contributed by atoms with van der Waals surface area (Å²) in [7, 11) is 1.69. The van der Waals surface area contributed by atoms with Crippen LogP contribution in [0, 0.1) is 11.7 Å². The zero-order valence-electron chi connectivity index (χ0n) is 11.4. The van der Waals surface area contributed by atoms with Crippen LogP contribution in [0.5, 0.6) is 0 Å². The maximum atomic E-state index is 13.7. The van der Waals surface area contributed by atoms with Crippen molar-refractivity contribution in [3.05, 3.63) is 34.6 Å². The molecule has 0 saturated carbocycles. The van der Waals surface area contributed by atoms with Crippen LogP contribution in [0.15, 0.2) is 18.2 Å². The molecule has 1 N–H and O–H groups in total. The van der Waals surface area contributed by atoms with Crippen molar-refractivity contribution in [3.63, 3.8) is 0 Å². The van der Waals surface area contributed by atoms with Crippen LogP contribution < -0.4 is 5.32 Å². The van der Waals surface area contributed by atoms with E-state index in [1.54, 1.807) is 24.1 Å². The fourth-order valence-electron chi connectivity index (χ4n) is 2.37. The molecule has 0 aliphatic carbocycles. The Kier molecular flexibility index (Phi) is 6.72. The molecule has 1 saturated heterocycles. The number of carbonyl (C=O) groups excluding carboxylic acids is 1. The van der Waals surface area contributed by atoms with E-state index in [1.165, 1.54) is 6.07 Å². The van der Waals surface area contributed by atoms with E-state index in [0.29, 0.717) is 17.1 Å². The first-order valence-corrected chi connectivity index (χ1v) is 6.86. The van der Waals surface area contributed by atoms with Gasteiger partial charge in [-0.1, -0.05) is 17.7 Å². The zero-order chi connectivity index (χ0) is 13.8. The maximum absolute atomic E-state index is 13.7. The van der Waals surface area contributed by atoms with Gasteiger partial charge < -0.3 is 10.2 Å². The van der Waals surface area contributed by atoms with Crippen LogP contribution in [0.1, 0.15) is 18.4 Å². The van der Waals surface area contributed by atoms with Gasteiger partial charge in [0.2, 0.25) is 5.91 Å². The molecule has 112 valence electrons. The van der Waals surface area contributed by atoms with Crippen LogP contribution in [-0.4, -0.2) is 30.9 Å². The Balaban J connectivity index is 0.00000200. The van der Waals surface area contributed by atoms with Crippen LogP contribution in [0.4, 0.5) is 4.39 Å². The minimum Gasteiger partial charge on any atom is -0.341 e. The highest BCUT2D eigenvalue weighted by Gasteiger charge is 2.24. The van der Waals surface area contributed by atoms with E-state index in [4.69, 9.17) is 11.6 Å². The first-order valence-electron chi connectivity index (χ1n) is 6.48. The second kappa shape index (κ2) is 7.81. The Morgan fingerprint density at radius 2 is 2.30 bits per heavy atom. The van der Waals surface area contributed by atoms with Gasteiger partial charge in [-0.05, 0) is 31.5 Å². The first-order chi connectivity index (χ1) is 9.09. The molecular weight excluding hydrogens is 302 g/mol. The van der Waals surface area contributed by atoms with Gasteiger partial charge in [-0.15, -0.1) is 12.4 Å². The number of piperidine rings is 1. The van der Waals surface area contributed by atoms with Gasteiger partial charge in [0.1, 0.15) is 5.82 Å². The number of hydrogen-bond acceptors (Lipinski definition) is 2. The molecule has 2 rings (SSSR count). The van der Waals surface area contributed by atoms with Crippen molar-refractivity contribution < 1.29 is 9.18 Å². The average molecular weight is 321 g/mol. The molecule has 6 heteroatoms. The molecule has 1 aromatic carbocycles. The standard InChI is InChI=1S/C14H18ClFN2O.ClH/c1-18(14(19)10-4-3-7-17-8-10)9-11-12(15)5-2-6-13(11)16;/h2,5-6,10,17H,3-4,7-9H2,1H3;1H. The molecule has 3 nitrogen and oxygen atoms in total. The lowest BCUT2D eigenvalue weighted by atomic mass is 9.98. The van der Waals surface area contributed by atoms with Gasteiger partial charge in [-0.25, -0.2) is 4.39 Å². The van der Waals surface area contributed by atoms with Crippen molar-refractivity contribution in [1.29, 1.82) is 0 Å². The fourth-order valence-corrected chi connectivity index (χ4v) is 2.60. The Labute approximate surface area is 129 Å². The number of rotatable bonds is 3. The second-order valence-electron chi connectivity index (χ2n) is 4.94. The second-order valence-corrected chi connectivity index (χ2v) is 5.34. The van der Waals surface area contributed by atoms with E-state index >= 15 is 0 Å². The van der Waals surface area contributed by atoms with Crippen molar-refractivity contribution in [2.75, 3.05) is 20.1 Å². The number of carbonyl (C=O) groups is 1. The summed E-state index contributed by atoms with van der Waals surface area (Å²) in [6.07, 6.45) is 1.89. The number of benzene rings is 1. The average Bonchev–Trinajstić information content (AvgIpc) is 2.43. The van der Waals surface area contributed by atoms with Gasteiger partial charge in [0.25, 0.3) is 0 Å². The van der Waals surface area contributed by atoms with Gasteiger partial charge >= 0.3 is 0 Å². The smallest absolute Gasteiger partial charge is 0.227 e. The quantitative estimate of drug-likeness (QED) is 0.928. The maximum Gasteiger partial charge on any atom is 0.227 e. The molecule has 1 aliphatic rings. The highest BCUT2D eigenvalue weighted by molar-refractivity contribution is 6.31. The highest BCUT2D eigenvalue weighted by atomic mass is 35.5. The minimum absolute atomic E-state index is 0. The van der Waals surface area contributed by atoms with E-state index in [-0.39, 0.29) is 36.6 Å². The van der Waals surface area contributed by atoms with Crippen molar-refractivity contribution in [1.82, 2.24) is 10.2 Å². The molecule has 0 bridgehead atoms. The molecule has 1 heterocycles. The third-order valence-corrected chi connectivity index (χ3v) is 3.83. The molecule has 0 radical (unpaired) electrons. The lowest BCUT2D eigenvalue weighted by Crippen LogP contribution is -2.41. The van der Waals surface area contributed by atoms with Crippen molar-refractivity contribution >= 4 is 29.9 Å². The third-order valence-electron chi connectivity index (χ3n) is 3.48. The fraction of sp³-hybridized carbons (Fsp3) is 0.500. The number of amides is 1. The van der Waals surface area contributed by atoms with E-state index in [0.717, 1.165) is 19.4 Å². The molecule has 1 unspecified atom stereocenters. The predicted octanol–water partition coefficient (Wildman–Crippen LogP) is 2.86. The summed E-state index contributed by atoms with van der Waals surface area (Å²) in [6.45, 7) is 1.88. The summed E-state index contributed by atoms with van der Waals surface area (Å²) in [5, 5.41) is 3.57. The van der Waals surface area contributed by atoms with Crippen molar-refractivity contribution in [2.45, 2.75) is 19.4 Å². The van der Waals surface area contributed by atoms with Crippen molar-refractivity contribution in [2.24, 2.45) is 5.92 Å². The molecule has 1 aromatic rings. The van der Waals surface area contributed by atoms with E-state index in [2.05, 4.69) is 5.32 Å². The number of halogens is 3. The molecule has 1 amide bonds. The number of hydrogen-bond donors (Lipinski definition) is 1. The number of nitrogens with one attached hydrogen (secondary N) is 1. The largest absolute Gasteiger partial charge is 0.341 e. The van der Waals surface area contributed by atoms with Crippen LogP contribution in [0.2, 0.25) is 5.02 Å². The first kappa shape index (κ1) is 17.2. The van der Waals surface area contributed by atoms with Gasteiger partial charge in [0.15, 0.2) is 0 Å². The van der Waals surface area contributed by atoms with Crippen LogP contribution >= 0.6 is 24.0 Å². The molecule has 20 heavy (non-hydrogen) atoms. The highest BCUT2D eigenvalue weighted by Crippen LogP contribution is 2.21. The Morgan fingerprint density at radius 3 is 2.90 bits per heavy atom. The molecular formula is C14H19Cl2FN2O. The Bertz CT molecular complexity index is 444. The topological polar surface area (TPSA) is 32.3 Å². The van der Waals surface area contributed by atoms with E-state index < -0.39 is 0 Å². The minimum atomic E-state index is -0.367. The molecule has 0 aromatic heterocycles. The zero-order valence-corrected chi connectivity index (χ0v) is 12.9. The molecule has 1 aliphatic heterocycles. The normalized spacial score (nSPS) is 18.2. The van der Waals surface area contributed by atoms with Gasteiger partial charge in [-0.3, -0.25) is 4.79 Å². The van der Waals surface area contributed by atoms with Gasteiger partial charge in [0.05, 0.1) is 5.92 Å². The molecule has 1 fully saturated rings. The third kappa shape index (κ3) is 4.08. The van der Waals surface area contributed by atoms with E-state index in [1.807, 2.05) is 0 Å². The lowest BCUT2D eigenvalue weighted by molar-refractivity contribution is -0.135. The van der Waals surface area contributed by atoms with Crippen molar-refractivity contribution in [3.8, 4) is 0 Å². The summed E-state index contributed by atoms with van der Waals surface area (Å²) in [6, 6.07) is 4.57. The van der Waals surface area contributed by atoms with Gasteiger partial charge in [-0.2, -0.15) is 0 Å². The predicted molar refractivity (Wildman–Crippen MR) is 80.7 cm³/mol. The summed E-state index contributed by atoms with van der Waals surface area (Å²) >= 11 is 5.97. The van der Waals surface area contributed by atoms with Crippen LogP contribution in [-0.2, 0) is 11.3 Å². The lowest BCUT2D eigenvalue weighted by Gasteiger charge is -2.27. The summed E-state index contributed by atoms with van der Waals surface area (Å²) in [5.41, 5.74) is 0.379.